The summed E-state index contributed by atoms with van der Waals surface area (Å²) in [5.41, 5.74) is 2.27. The zero-order valence-electron chi connectivity index (χ0n) is 24.7. The number of halogens is 3. The lowest BCUT2D eigenvalue weighted by Gasteiger charge is -2.28. The standard InChI is InChI=1S/C32H28ClF2N6O4P/c1-18(42)31-25-12-20(21-14-36-19(2)37-15-21)10-11-28(25)40(39-31)17-46(44,45)41-16-22(34)13-29(41)32(43)38-27-9-5-7-24(30(27)35)23-6-3-4-8-26(23)33/h3-12,14-15,22,29H,13,16-17H2,1-2H3,(H,38,43)(H,44,45)/t22-,29+/m1/s1. The molecule has 3 atom stereocenters. The van der Waals surface area contributed by atoms with Gasteiger partial charge in [0.05, 0.1) is 11.2 Å². The Balaban J connectivity index is 1.28. The summed E-state index contributed by atoms with van der Waals surface area (Å²) in [6.07, 6.45) is 0.707. The van der Waals surface area contributed by atoms with Crippen LogP contribution in [0.4, 0.5) is 14.5 Å². The van der Waals surface area contributed by atoms with E-state index in [0.717, 1.165) is 4.67 Å². The number of nitrogens with one attached hydrogen (secondary N) is 1. The number of aromatic nitrogens is 4. The van der Waals surface area contributed by atoms with Crippen LogP contribution < -0.4 is 5.32 Å². The minimum Gasteiger partial charge on any atom is -0.332 e. The molecule has 1 fully saturated rings. The molecule has 1 amide bonds. The van der Waals surface area contributed by atoms with Crippen molar-refractivity contribution < 1.29 is 27.8 Å². The molecule has 2 aromatic heterocycles. The lowest BCUT2D eigenvalue weighted by molar-refractivity contribution is -0.119. The number of carbonyl (C=O) groups is 2. The van der Waals surface area contributed by atoms with Crippen molar-refractivity contribution in [2.24, 2.45) is 0 Å². The Morgan fingerprint density at radius 3 is 2.50 bits per heavy atom. The number of ketones is 1. The van der Waals surface area contributed by atoms with Crippen LogP contribution in [0.1, 0.15) is 29.7 Å². The van der Waals surface area contributed by atoms with Crippen LogP contribution in [0, 0.1) is 12.7 Å². The Bertz CT molecular complexity index is 2040. The van der Waals surface area contributed by atoms with Crippen molar-refractivity contribution in [1.82, 2.24) is 24.4 Å². The number of alkyl halides is 1. The Labute approximate surface area is 267 Å². The number of carbonyl (C=O) groups excluding carboxylic acids is 2. The third-order valence-corrected chi connectivity index (χ3v) is 10.1. The molecule has 3 aromatic carbocycles. The molecule has 1 unspecified atom stereocenters. The van der Waals surface area contributed by atoms with Crippen LogP contribution in [-0.2, 0) is 15.6 Å². The molecule has 6 rings (SSSR count). The van der Waals surface area contributed by atoms with E-state index in [-0.39, 0.29) is 29.1 Å². The number of hydrogen-bond acceptors (Lipinski definition) is 6. The van der Waals surface area contributed by atoms with Crippen LogP contribution in [-0.4, -0.2) is 59.8 Å². The van der Waals surface area contributed by atoms with E-state index >= 15 is 4.39 Å². The summed E-state index contributed by atoms with van der Waals surface area (Å²) < 4.78 is 46.3. The van der Waals surface area contributed by atoms with Gasteiger partial charge >= 0.3 is 0 Å². The van der Waals surface area contributed by atoms with E-state index in [1.54, 1.807) is 61.8 Å². The van der Waals surface area contributed by atoms with E-state index in [1.807, 2.05) is 0 Å². The van der Waals surface area contributed by atoms with Crippen molar-refractivity contribution >= 4 is 47.4 Å². The summed E-state index contributed by atoms with van der Waals surface area (Å²) in [5, 5.41) is 7.55. The smallest absolute Gasteiger partial charge is 0.291 e. The highest BCUT2D eigenvalue weighted by Gasteiger charge is 2.46. The molecule has 14 heteroatoms. The van der Waals surface area contributed by atoms with Gasteiger partial charge in [0.1, 0.15) is 30.0 Å². The number of anilines is 1. The second kappa shape index (κ2) is 12.4. The van der Waals surface area contributed by atoms with Crippen molar-refractivity contribution in [1.29, 1.82) is 0 Å². The van der Waals surface area contributed by atoms with Gasteiger partial charge in [0.25, 0.3) is 7.52 Å². The number of benzene rings is 3. The zero-order valence-corrected chi connectivity index (χ0v) is 26.3. The average molecular weight is 665 g/mol. The highest BCUT2D eigenvalue weighted by Crippen LogP contribution is 2.52. The maximum Gasteiger partial charge on any atom is 0.291 e. The Morgan fingerprint density at radius 1 is 1.07 bits per heavy atom. The highest BCUT2D eigenvalue weighted by molar-refractivity contribution is 7.54. The van der Waals surface area contributed by atoms with Gasteiger partial charge < -0.3 is 10.2 Å². The monoisotopic (exact) mass is 664 g/mol. The molecule has 1 aliphatic heterocycles. The number of amides is 1. The van der Waals surface area contributed by atoms with Crippen LogP contribution in [0.25, 0.3) is 33.2 Å². The van der Waals surface area contributed by atoms with Crippen LogP contribution in [0.3, 0.4) is 0 Å². The molecule has 3 heterocycles. The zero-order chi connectivity index (χ0) is 32.7. The van der Waals surface area contributed by atoms with Gasteiger partial charge in [0.15, 0.2) is 11.6 Å². The summed E-state index contributed by atoms with van der Waals surface area (Å²) in [6.45, 7) is 2.60. The molecule has 46 heavy (non-hydrogen) atoms. The normalized spacial score (nSPS) is 18.0. The quantitative estimate of drug-likeness (QED) is 0.139. The van der Waals surface area contributed by atoms with Crippen LogP contribution in [0.5, 0.6) is 0 Å². The van der Waals surface area contributed by atoms with Crippen LogP contribution >= 0.6 is 19.1 Å². The van der Waals surface area contributed by atoms with Crippen LogP contribution in [0.15, 0.2) is 73.1 Å². The molecule has 236 valence electrons. The van der Waals surface area contributed by atoms with Gasteiger partial charge in [0.2, 0.25) is 5.91 Å². The lowest BCUT2D eigenvalue weighted by Crippen LogP contribution is -2.38. The molecule has 2 N–H and O–H groups in total. The fourth-order valence-corrected chi connectivity index (χ4v) is 7.64. The van der Waals surface area contributed by atoms with Gasteiger partial charge in [-0.05, 0) is 36.8 Å². The predicted octanol–water partition coefficient (Wildman–Crippen LogP) is 6.66. The van der Waals surface area contributed by atoms with E-state index in [2.05, 4.69) is 20.4 Å². The first-order valence-corrected chi connectivity index (χ1v) is 16.5. The third kappa shape index (κ3) is 6.09. The molecule has 0 radical (unpaired) electrons. The number of rotatable bonds is 8. The second-order valence-corrected chi connectivity index (χ2v) is 13.6. The molecule has 0 aliphatic carbocycles. The SMILES string of the molecule is CC(=O)c1nn(CP(=O)(O)N2C[C@H](F)C[C@H]2C(=O)Nc2cccc(-c3ccccc3Cl)c2F)c2ccc(-c3cnc(C)nc3)cc12. The van der Waals surface area contributed by atoms with Crippen LogP contribution in [0.2, 0.25) is 5.02 Å². The molecule has 0 spiro atoms. The van der Waals surface area contributed by atoms with Gasteiger partial charge in [0, 0.05) is 59.4 Å². The molecule has 1 aliphatic rings. The first-order valence-electron chi connectivity index (χ1n) is 14.3. The molecular weight excluding hydrogens is 637 g/mol. The maximum absolute atomic E-state index is 15.5. The van der Waals surface area contributed by atoms with Gasteiger partial charge in [-0.1, -0.05) is 48.0 Å². The molecule has 5 aromatic rings. The maximum atomic E-state index is 15.5. The largest absolute Gasteiger partial charge is 0.332 e. The number of fused-ring (bicyclic) bond motifs is 1. The minimum atomic E-state index is -4.50. The number of aryl methyl sites for hydroxylation is 1. The summed E-state index contributed by atoms with van der Waals surface area (Å²) in [6, 6.07) is 14.8. The Hall–Kier alpha value is -4.35. The van der Waals surface area contributed by atoms with Crippen molar-refractivity contribution in [3.63, 3.8) is 0 Å². The van der Waals surface area contributed by atoms with Gasteiger partial charge in [-0.2, -0.15) is 5.10 Å². The Kier molecular flexibility index (Phi) is 8.56. The first kappa shape index (κ1) is 31.6. The second-order valence-electron chi connectivity index (χ2n) is 11.1. The fourth-order valence-electron chi connectivity index (χ4n) is 5.61. The van der Waals surface area contributed by atoms with Crippen molar-refractivity contribution in [2.45, 2.75) is 38.8 Å². The summed E-state index contributed by atoms with van der Waals surface area (Å²) in [5.74, 6) is -1.36. The third-order valence-electron chi connectivity index (χ3n) is 7.87. The summed E-state index contributed by atoms with van der Waals surface area (Å²) >= 11 is 6.25. The van der Waals surface area contributed by atoms with Gasteiger partial charge in [-0.15, -0.1) is 0 Å². The van der Waals surface area contributed by atoms with Crippen molar-refractivity contribution in [3.05, 3.63) is 95.4 Å². The van der Waals surface area contributed by atoms with E-state index < -0.39 is 44.3 Å². The number of nitrogens with zero attached hydrogens (tertiary/aromatic N) is 5. The summed E-state index contributed by atoms with van der Waals surface area (Å²) in [7, 11) is -4.50. The van der Waals surface area contributed by atoms with Crippen molar-refractivity contribution in [2.75, 3.05) is 11.9 Å². The number of Topliss-reactive ketones (excluding diaryl/α,β-unsaturated/α-hetero) is 1. The molecular formula is C32H28ClF2N6O4P. The lowest BCUT2D eigenvalue weighted by atomic mass is 10.0. The highest BCUT2D eigenvalue weighted by atomic mass is 35.5. The van der Waals surface area contributed by atoms with Gasteiger partial charge in [-0.25, -0.2) is 23.4 Å². The topological polar surface area (TPSA) is 130 Å². The van der Waals surface area contributed by atoms with Gasteiger partial charge in [-0.3, -0.25) is 18.8 Å². The molecule has 1 saturated heterocycles. The molecule has 0 bridgehead atoms. The average Bonchev–Trinajstić information content (AvgIpc) is 3.60. The Morgan fingerprint density at radius 2 is 1.78 bits per heavy atom. The van der Waals surface area contributed by atoms with E-state index in [4.69, 9.17) is 11.6 Å². The van der Waals surface area contributed by atoms with E-state index in [1.165, 1.54) is 29.8 Å². The summed E-state index contributed by atoms with van der Waals surface area (Å²) in [4.78, 5) is 45.6. The van der Waals surface area contributed by atoms with E-state index in [0.29, 0.717) is 38.4 Å². The van der Waals surface area contributed by atoms with E-state index in [9.17, 15) is 23.4 Å². The predicted molar refractivity (Wildman–Crippen MR) is 171 cm³/mol. The fraction of sp³-hybridized carbons (Fsp3) is 0.219. The number of hydrogen-bond donors (Lipinski definition) is 2. The minimum absolute atomic E-state index is 0.0813. The molecule has 0 saturated carbocycles. The van der Waals surface area contributed by atoms with Crippen molar-refractivity contribution in [3.8, 4) is 22.3 Å². The molecule has 10 nitrogen and oxygen atoms in total. The first-order chi connectivity index (χ1) is 21.9.